The lowest BCUT2D eigenvalue weighted by molar-refractivity contribution is -0.141. The van der Waals surface area contributed by atoms with Crippen LogP contribution in [-0.2, 0) is 17.4 Å². The number of pyridine rings is 2. The summed E-state index contributed by atoms with van der Waals surface area (Å²) in [5, 5.41) is 1.34. The van der Waals surface area contributed by atoms with E-state index in [0.29, 0.717) is 18.0 Å². The van der Waals surface area contributed by atoms with Crippen LogP contribution in [-0.4, -0.2) is 43.3 Å². The van der Waals surface area contributed by atoms with E-state index in [9.17, 15) is 18.0 Å². The third kappa shape index (κ3) is 4.42. The zero-order valence-electron chi connectivity index (χ0n) is 19.0. The summed E-state index contributed by atoms with van der Waals surface area (Å²) in [5.74, 6) is -0.880. The first-order chi connectivity index (χ1) is 17.7. The van der Waals surface area contributed by atoms with Crippen molar-refractivity contribution in [3.05, 3.63) is 75.3 Å². The number of fused-ring (bicyclic) bond motifs is 3. The van der Waals surface area contributed by atoms with E-state index in [1.165, 1.54) is 22.3 Å². The molecule has 37 heavy (non-hydrogen) atoms. The van der Waals surface area contributed by atoms with E-state index in [4.69, 9.17) is 16.3 Å². The van der Waals surface area contributed by atoms with Crippen molar-refractivity contribution < 1.29 is 27.1 Å². The second-order valence-electron chi connectivity index (χ2n) is 8.92. The third-order valence-electron chi connectivity index (χ3n) is 6.51. The lowest BCUT2D eigenvalue weighted by Gasteiger charge is -2.35. The summed E-state index contributed by atoms with van der Waals surface area (Å²) < 4.78 is 61.4. The minimum absolute atomic E-state index is 0.0981. The maximum Gasteiger partial charge on any atom is 0.433 e. The molecule has 5 heterocycles. The number of nitrogens with zero attached hydrogens (tertiary/aromatic N) is 5. The van der Waals surface area contributed by atoms with E-state index in [1.54, 1.807) is 6.20 Å². The molecule has 0 aromatic carbocycles. The summed E-state index contributed by atoms with van der Waals surface area (Å²) in [6.45, 7) is -0.304. The van der Waals surface area contributed by atoms with Crippen molar-refractivity contribution >= 4 is 33.8 Å². The van der Waals surface area contributed by atoms with E-state index in [0.717, 1.165) is 41.2 Å². The molecule has 4 aromatic heterocycles. The van der Waals surface area contributed by atoms with Gasteiger partial charge in [-0.3, -0.25) is 14.2 Å². The van der Waals surface area contributed by atoms with Gasteiger partial charge in [0.15, 0.2) is 22.5 Å². The Balaban J connectivity index is 1.32. The number of carbonyl (C=O) groups is 1. The van der Waals surface area contributed by atoms with Crippen molar-refractivity contribution in [3.8, 4) is 5.75 Å². The van der Waals surface area contributed by atoms with Gasteiger partial charge in [-0.15, -0.1) is 11.3 Å². The molecule has 2 aliphatic rings. The molecule has 0 spiro atoms. The van der Waals surface area contributed by atoms with Gasteiger partial charge in [0.2, 0.25) is 0 Å². The number of ether oxygens (including phenoxy) is 1. The van der Waals surface area contributed by atoms with Crippen LogP contribution in [0.2, 0.25) is 5.15 Å². The Morgan fingerprint density at radius 1 is 1.24 bits per heavy atom. The lowest BCUT2D eigenvalue weighted by atomic mass is 9.97. The maximum atomic E-state index is 15.4. The van der Waals surface area contributed by atoms with Crippen LogP contribution in [0.15, 0.2) is 36.0 Å². The maximum absolute atomic E-state index is 15.4. The topological polar surface area (TPSA) is 72.6 Å². The number of thiazole rings is 1. The minimum atomic E-state index is -4.67. The van der Waals surface area contributed by atoms with Crippen molar-refractivity contribution in [2.45, 2.75) is 37.4 Å². The number of imidazole rings is 1. The SMILES string of the molecule is O=C(COc1ccc(C(F)(F)F)nc1Cl)N1CCc2nc3sccn3c2C1c1ncc(C2CC2)cc1F. The molecule has 6 rings (SSSR count). The van der Waals surface area contributed by atoms with Gasteiger partial charge in [-0.1, -0.05) is 11.6 Å². The molecule has 13 heteroatoms. The number of hydrogen-bond acceptors (Lipinski definition) is 6. The van der Waals surface area contributed by atoms with Crippen LogP contribution in [0.4, 0.5) is 17.6 Å². The summed E-state index contributed by atoms with van der Waals surface area (Å²) in [5.41, 5.74) is 1.16. The normalized spacial score (nSPS) is 17.8. The Labute approximate surface area is 216 Å². The summed E-state index contributed by atoms with van der Waals surface area (Å²) in [4.78, 5) is 28.0. The summed E-state index contributed by atoms with van der Waals surface area (Å²) in [6.07, 6.45) is 1.23. The molecular weight excluding hydrogens is 534 g/mol. The van der Waals surface area contributed by atoms with Crippen LogP contribution in [0.5, 0.6) is 5.75 Å². The van der Waals surface area contributed by atoms with Crippen molar-refractivity contribution in [1.82, 2.24) is 24.3 Å². The van der Waals surface area contributed by atoms with Crippen LogP contribution >= 0.6 is 22.9 Å². The molecule has 7 nitrogen and oxygen atoms in total. The fourth-order valence-corrected chi connectivity index (χ4v) is 5.53. The molecule has 1 amide bonds. The zero-order chi connectivity index (χ0) is 25.9. The Morgan fingerprint density at radius 2 is 2.05 bits per heavy atom. The standard InChI is InChI=1S/C24H18ClF4N5O2S/c25-22-16(3-4-17(32-22)24(27,28)29)36-11-18(35)33-6-5-15-20(34-7-8-37-23(34)31-15)21(33)19-14(26)9-13(10-30-19)12-1-2-12/h3-4,7-10,12,21H,1-2,5-6,11H2. The van der Waals surface area contributed by atoms with Gasteiger partial charge in [0.05, 0.1) is 11.4 Å². The zero-order valence-corrected chi connectivity index (χ0v) is 20.6. The Hall–Kier alpha value is -3.25. The molecule has 4 aromatic rings. The third-order valence-corrected chi connectivity index (χ3v) is 7.54. The summed E-state index contributed by atoms with van der Waals surface area (Å²) in [7, 11) is 0. The number of hydrogen-bond donors (Lipinski definition) is 0. The first kappa shape index (κ1) is 24.1. The molecule has 0 N–H and O–H groups in total. The van der Waals surface area contributed by atoms with Crippen LogP contribution in [0.25, 0.3) is 4.96 Å². The predicted octanol–water partition coefficient (Wildman–Crippen LogP) is 5.43. The molecule has 1 aliphatic carbocycles. The average Bonchev–Trinajstić information content (AvgIpc) is 3.51. The number of aromatic nitrogens is 4. The van der Waals surface area contributed by atoms with Gasteiger partial charge in [-0.05, 0) is 42.5 Å². The molecule has 1 fully saturated rings. The van der Waals surface area contributed by atoms with E-state index < -0.39 is 41.4 Å². The van der Waals surface area contributed by atoms with E-state index >= 15 is 4.39 Å². The summed E-state index contributed by atoms with van der Waals surface area (Å²) >= 11 is 7.30. The van der Waals surface area contributed by atoms with Gasteiger partial charge in [-0.2, -0.15) is 13.2 Å². The van der Waals surface area contributed by atoms with Gasteiger partial charge < -0.3 is 9.64 Å². The number of carbonyl (C=O) groups excluding carboxylic acids is 1. The predicted molar refractivity (Wildman–Crippen MR) is 126 cm³/mol. The van der Waals surface area contributed by atoms with Crippen LogP contribution in [0.3, 0.4) is 0 Å². The second kappa shape index (κ2) is 8.95. The number of alkyl halides is 3. The average molecular weight is 552 g/mol. The molecule has 1 unspecified atom stereocenters. The molecule has 1 saturated carbocycles. The monoisotopic (exact) mass is 551 g/mol. The lowest BCUT2D eigenvalue weighted by Crippen LogP contribution is -2.44. The Kier molecular flexibility index (Phi) is 5.83. The second-order valence-corrected chi connectivity index (χ2v) is 10.2. The van der Waals surface area contributed by atoms with Crippen molar-refractivity contribution in [2.75, 3.05) is 13.2 Å². The van der Waals surface area contributed by atoms with Gasteiger partial charge in [0, 0.05) is 30.7 Å². The Bertz CT molecular complexity index is 1520. The number of halogens is 5. The van der Waals surface area contributed by atoms with E-state index in [-0.39, 0.29) is 18.0 Å². The van der Waals surface area contributed by atoms with E-state index in [1.807, 2.05) is 16.0 Å². The number of amides is 1. The fourth-order valence-electron chi connectivity index (χ4n) is 4.58. The fraction of sp³-hybridized carbons (Fsp3) is 0.333. The van der Waals surface area contributed by atoms with Gasteiger partial charge in [0.1, 0.15) is 23.2 Å². The van der Waals surface area contributed by atoms with Crippen molar-refractivity contribution in [2.24, 2.45) is 0 Å². The minimum Gasteiger partial charge on any atom is -0.481 e. The van der Waals surface area contributed by atoms with Gasteiger partial charge in [-0.25, -0.2) is 14.4 Å². The summed E-state index contributed by atoms with van der Waals surface area (Å²) in [6, 6.07) is 2.36. The molecule has 192 valence electrons. The molecule has 0 bridgehead atoms. The van der Waals surface area contributed by atoms with Crippen LogP contribution < -0.4 is 4.74 Å². The van der Waals surface area contributed by atoms with Gasteiger partial charge >= 0.3 is 6.18 Å². The molecule has 0 saturated heterocycles. The van der Waals surface area contributed by atoms with Gasteiger partial charge in [0.25, 0.3) is 5.91 Å². The first-order valence-electron chi connectivity index (χ1n) is 11.5. The Morgan fingerprint density at radius 3 is 2.76 bits per heavy atom. The van der Waals surface area contributed by atoms with Crippen LogP contribution in [0, 0.1) is 5.82 Å². The van der Waals surface area contributed by atoms with Crippen molar-refractivity contribution in [3.63, 3.8) is 0 Å². The molecule has 1 aliphatic heterocycles. The van der Waals surface area contributed by atoms with Crippen LogP contribution in [0.1, 0.15) is 53.1 Å². The first-order valence-corrected chi connectivity index (χ1v) is 12.7. The molecular formula is C24H18ClF4N5O2S. The highest BCUT2D eigenvalue weighted by atomic mass is 35.5. The largest absolute Gasteiger partial charge is 0.481 e. The van der Waals surface area contributed by atoms with E-state index in [2.05, 4.69) is 15.0 Å². The number of rotatable bonds is 5. The highest BCUT2D eigenvalue weighted by Crippen LogP contribution is 2.42. The molecule has 1 atom stereocenters. The molecule has 0 radical (unpaired) electrons. The smallest absolute Gasteiger partial charge is 0.433 e. The highest BCUT2D eigenvalue weighted by molar-refractivity contribution is 7.15. The van der Waals surface area contributed by atoms with Crippen molar-refractivity contribution in [1.29, 1.82) is 0 Å². The highest BCUT2D eigenvalue weighted by Gasteiger charge is 2.39. The quantitative estimate of drug-likeness (QED) is 0.244.